The van der Waals surface area contributed by atoms with Crippen LogP contribution in [0.3, 0.4) is 0 Å². The van der Waals surface area contributed by atoms with Crippen LogP contribution in [0.15, 0.2) is 18.2 Å². The highest BCUT2D eigenvalue weighted by Crippen LogP contribution is 2.27. The van der Waals surface area contributed by atoms with Gasteiger partial charge in [0.2, 0.25) is 0 Å². The molecule has 1 aliphatic heterocycles. The van der Waals surface area contributed by atoms with Gasteiger partial charge < -0.3 is 14.7 Å². The fourth-order valence-electron chi connectivity index (χ4n) is 3.68. The van der Waals surface area contributed by atoms with E-state index in [1.54, 1.807) is 12.1 Å². The van der Waals surface area contributed by atoms with Crippen LogP contribution in [0.4, 0.5) is 10.1 Å². The molecule has 1 N–H and O–H groups in total. The molecule has 122 valence electrons. The second kappa shape index (κ2) is 6.84. The van der Waals surface area contributed by atoms with Gasteiger partial charge in [-0.3, -0.25) is 4.90 Å². The summed E-state index contributed by atoms with van der Waals surface area (Å²) in [6.07, 6.45) is 4.19. The molecular formula is C17H25FN2O2. The average molecular weight is 308 g/mol. The molecular weight excluding hydrogens is 283 g/mol. The molecule has 0 bridgehead atoms. The molecule has 22 heavy (non-hydrogen) atoms. The Morgan fingerprint density at radius 3 is 2.50 bits per heavy atom. The lowest BCUT2D eigenvalue weighted by Crippen LogP contribution is -2.54. The molecule has 0 amide bonds. The Hall–Kier alpha value is -1.33. The molecule has 2 unspecified atom stereocenters. The molecule has 1 heterocycles. The van der Waals surface area contributed by atoms with Gasteiger partial charge in [-0.2, -0.15) is 0 Å². The third-order valence-electron chi connectivity index (χ3n) is 4.98. The summed E-state index contributed by atoms with van der Waals surface area (Å²) >= 11 is 0. The molecule has 3 rings (SSSR count). The number of anilines is 1. The summed E-state index contributed by atoms with van der Waals surface area (Å²) in [5.74, 6) is -0.0298. The number of aliphatic hydroxyl groups excluding tert-OH is 1. The van der Waals surface area contributed by atoms with Gasteiger partial charge in [0.25, 0.3) is 0 Å². The van der Waals surface area contributed by atoms with Crippen molar-refractivity contribution in [2.45, 2.75) is 37.8 Å². The van der Waals surface area contributed by atoms with Crippen LogP contribution in [0, 0.1) is 5.82 Å². The van der Waals surface area contributed by atoms with Gasteiger partial charge in [-0.05, 0) is 25.0 Å². The van der Waals surface area contributed by atoms with Gasteiger partial charge in [-0.1, -0.05) is 12.8 Å². The van der Waals surface area contributed by atoms with Crippen molar-refractivity contribution >= 4 is 5.69 Å². The van der Waals surface area contributed by atoms with Crippen molar-refractivity contribution in [3.05, 3.63) is 24.0 Å². The van der Waals surface area contributed by atoms with Crippen LogP contribution < -0.4 is 9.64 Å². The van der Waals surface area contributed by atoms with Gasteiger partial charge in [0.05, 0.1) is 13.2 Å². The number of hydrogen-bond donors (Lipinski definition) is 1. The lowest BCUT2D eigenvalue weighted by Gasteiger charge is -2.43. The van der Waals surface area contributed by atoms with Crippen LogP contribution in [0.1, 0.15) is 25.7 Å². The van der Waals surface area contributed by atoms with Gasteiger partial charge in [0.1, 0.15) is 0 Å². The maximum atomic E-state index is 13.8. The van der Waals surface area contributed by atoms with Crippen LogP contribution in [-0.4, -0.2) is 55.4 Å². The fourth-order valence-corrected chi connectivity index (χ4v) is 3.68. The molecule has 4 nitrogen and oxygen atoms in total. The van der Waals surface area contributed by atoms with Crippen LogP contribution in [0.2, 0.25) is 0 Å². The molecule has 1 aromatic carbocycles. The number of piperazine rings is 1. The van der Waals surface area contributed by atoms with E-state index < -0.39 is 0 Å². The van der Waals surface area contributed by atoms with Gasteiger partial charge in [-0.25, -0.2) is 4.39 Å². The first-order valence-corrected chi connectivity index (χ1v) is 8.19. The smallest absolute Gasteiger partial charge is 0.167 e. The van der Waals surface area contributed by atoms with E-state index in [0.29, 0.717) is 6.04 Å². The fraction of sp³-hybridized carbons (Fsp3) is 0.647. The highest BCUT2D eigenvalue weighted by molar-refractivity contribution is 5.50. The van der Waals surface area contributed by atoms with E-state index in [2.05, 4.69) is 9.80 Å². The molecule has 1 aliphatic carbocycles. The van der Waals surface area contributed by atoms with Gasteiger partial charge >= 0.3 is 0 Å². The van der Waals surface area contributed by atoms with Crippen molar-refractivity contribution in [2.75, 3.05) is 38.2 Å². The molecule has 5 heteroatoms. The van der Waals surface area contributed by atoms with Gasteiger partial charge in [0, 0.05) is 44.0 Å². The summed E-state index contributed by atoms with van der Waals surface area (Å²) in [5, 5.41) is 10.2. The molecule has 0 radical (unpaired) electrons. The van der Waals surface area contributed by atoms with E-state index in [9.17, 15) is 9.50 Å². The molecule has 1 aromatic rings. The second-order valence-corrected chi connectivity index (χ2v) is 6.26. The molecule has 0 spiro atoms. The standard InChI is InChI=1S/C17H25FN2O2/c1-22-17-7-6-13(12-14(17)18)19-8-10-20(11-9-19)15-4-2-3-5-16(15)21/h6-7,12,15-16,21H,2-5,8-11H2,1H3. The summed E-state index contributed by atoms with van der Waals surface area (Å²) in [6, 6.07) is 5.45. The summed E-state index contributed by atoms with van der Waals surface area (Å²) < 4.78 is 18.8. The number of benzene rings is 1. The normalized spacial score (nSPS) is 27.0. The zero-order chi connectivity index (χ0) is 15.5. The minimum Gasteiger partial charge on any atom is -0.494 e. The van der Waals surface area contributed by atoms with E-state index in [-0.39, 0.29) is 17.7 Å². The maximum absolute atomic E-state index is 13.8. The summed E-state index contributed by atoms with van der Waals surface area (Å²) in [5.41, 5.74) is 0.905. The van der Waals surface area contributed by atoms with Crippen molar-refractivity contribution in [3.8, 4) is 5.75 Å². The average Bonchev–Trinajstić information content (AvgIpc) is 2.55. The first-order chi connectivity index (χ1) is 10.7. The highest BCUT2D eigenvalue weighted by atomic mass is 19.1. The number of aliphatic hydroxyl groups is 1. The van der Waals surface area contributed by atoms with Crippen LogP contribution in [-0.2, 0) is 0 Å². The minimum absolute atomic E-state index is 0.182. The Morgan fingerprint density at radius 2 is 1.86 bits per heavy atom. The summed E-state index contributed by atoms with van der Waals surface area (Å²) in [6.45, 7) is 3.59. The molecule has 1 saturated heterocycles. The first-order valence-electron chi connectivity index (χ1n) is 8.19. The van der Waals surface area contributed by atoms with E-state index in [0.717, 1.165) is 51.1 Å². The number of ether oxygens (including phenoxy) is 1. The van der Waals surface area contributed by atoms with Crippen LogP contribution >= 0.6 is 0 Å². The Kier molecular flexibility index (Phi) is 4.84. The van der Waals surface area contributed by atoms with Crippen LogP contribution in [0.25, 0.3) is 0 Å². The number of methoxy groups -OCH3 is 1. The quantitative estimate of drug-likeness (QED) is 0.929. The van der Waals surface area contributed by atoms with Gasteiger partial charge in [-0.15, -0.1) is 0 Å². The lowest BCUT2D eigenvalue weighted by atomic mass is 9.91. The van der Waals surface area contributed by atoms with Crippen molar-refractivity contribution in [2.24, 2.45) is 0 Å². The highest BCUT2D eigenvalue weighted by Gasteiger charge is 2.30. The van der Waals surface area contributed by atoms with Crippen molar-refractivity contribution in [3.63, 3.8) is 0 Å². The van der Waals surface area contributed by atoms with E-state index >= 15 is 0 Å². The van der Waals surface area contributed by atoms with Crippen molar-refractivity contribution in [1.29, 1.82) is 0 Å². The SMILES string of the molecule is COc1ccc(N2CCN(C3CCCCC3O)CC2)cc1F. The van der Waals surface area contributed by atoms with E-state index in [1.165, 1.54) is 13.5 Å². The topological polar surface area (TPSA) is 35.9 Å². The van der Waals surface area contributed by atoms with E-state index in [1.807, 2.05) is 6.07 Å². The third-order valence-corrected chi connectivity index (χ3v) is 4.98. The number of hydrogen-bond acceptors (Lipinski definition) is 4. The predicted octanol–water partition coefficient (Wildman–Crippen LogP) is 2.26. The Bertz CT molecular complexity index is 503. The summed E-state index contributed by atoms with van der Waals surface area (Å²) in [7, 11) is 1.48. The minimum atomic E-state index is -0.315. The van der Waals surface area contributed by atoms with Gasteiger partial charge in [0.15, 0.2) is 11.6 Å². The number of halogens is 1. The number of rotatable bonds is 3. The predicted molar refractivity (Wildman–Crippen MR) is 85.0 cm³/mol. The second-order valence-electron chi connectivity index (χ2n) is 6.26. The zero-order valence-corrected chi connectivity index (χ0v) is 13.2. The number of nitrogens with zero attached hydrogens (tertiary/aromatic N) is 2. The molecule has 2 fully saturated rings. The lowest BCUT2D eigenvalue weighted by molar-refractivity contribution is 0.0173. The maximum Gasteiger partial charge on any atom is 0.167 e. The Labute approximate surface area is 131 Å². The molecule has 1 saturated carbocycles. The zero-order valence-electron chi connectivity index (χ0n) is 13.2. The monoisotopic (exact) mass is 308 g/mol. The summed E-state index contributed by atoms with van der Waals surface area (Å²) in [4.78, 5) is 4.61. The Morgan fingerprint density at radius 1 is 1.14 bits per heavy atom. The van der Waals surface area contributed by atoms with Crippen molar-refractivity contribution < 1.29 is 14.2 Å². The third kappa shape index (κ3) is 3.20. The molecule has 2 atom stereocenters. The van der Waals surface area contributed by atoms with Crippen molar-refractivity contribution in [1.82, 2.24) is 4.90 Å². The van der Waals surface area contributed by atoms with Crippen LogP contribution in [0.5, 0.6) is 5.75 Å². The Balaban J connectivity index is 1.60. The largest absolute Gasteiger partial charge is 0.494 e. The molecule has 2 aliphatic rings. The molecule has 0 aromatic heterocycles. The first kappa shape index (κ1) is 15.6. The van der Waals surface area contributed by atoms with E-state index in [4.69, 9.17) is 4.74 Å².